The summed E-state index contributed by atoms with van der Waals surface area (Å²) in [5.74, 6) is -1.91. The maximum absolute atomic E-state index is 14.2. The Kier molecular flexibility index (Phi) is 6.00. The fourth-order valence-corrected chi connectivity index (χ4v) is 5.08. The lowest BCUT2D eigenvalue weighted by molar-refractivity contribution is -0.183. The van der Waals surface area contributed by atoms with E-state index in [0.29, 0.717) is 48.9 Å². The molecule has 1 saturated carbocycles. The van der Waals surface area contributed by atoms with Gasteiger partial charge in [-0.2, -0.15) is 10.4 Å². The van der Waals surface area contributed by atoms with Gasteiger partial charge in [-0.15, -0.1) is 0 Å². The predicted molar refractivity (Wildman–Crippen MR) is 116 cm³/mol. The highest BCUT2D eigenvalue weighted by molar-refractivity contribution is 5.80. The van der Waals surface area contributed by atoms with Gasteiger partial charge in [0.15, 0.2) is 0 Å². The molecule has 1 aliphatic heterocycles. The van der Waals surface area contributed by atoms with Gasteiger partial charge in [0.2, 0.25) is 5.91 Å². The number of amides is 1. The van der Waals surface area contributed by atoms with Crippen LogP contribution in [0.5, 0.6) is 0 Å². The van der Waals surface area contributed by atoms with E-state index in [1.165, 1.54) is 23.3 Å². The number of hydrogen-bond donors (Lipinski definition) is 0. The maximum atomic E-state index is 14.2. The number of hydroxylamine groups is 2. The molecule has 34 heavy (non-hydrogen) atoms. The Morgan fingerprint density at radius 1 is 1.06 bits per heavy atom. The van der Waals surface area contributed by atoms with Crippen LogP contribution in [0.25, 0.3) is 10.9 Å². The van der Waals surface area contributed by atoms with E-state index in [2.05, 4.69) is 5.10 Å². The van der Waals surface area contributed by atoms with Crippen molar-refractivity contribution < 1.29 is 22.8 Å². The molecule has 0 spiro atoms. The second-order valence-corrected chi connectivity index (χ2v) is 9.08. The molecule has 1 aliphatic carbocycles. The molecule has 9 heteroatoms. The number of halogens is 3. The molecule has 176 valence electrons. The van der Waals surface area contributed by atoms with E-state index < -0.39 is 23.5 Å². The number of hydrogen-bond acceptors (Lipinski definition) is 4. The summed E-state index contributed by atoms with van der Waals surface area (Å²) in [5.41, 5.74) is 1.08. The van der Waals surface area contributed by atoms with Gasteiger partial charge >= 0.3 is 0 Å². The Bertz CT molecular complexity index is 1260. The van der Waals surface area contributed by atoms with Crippen LogP contribution in [-0.4, -0.2) is 27.4 Å². The third-order valence-electron chi connectivity index (χ3n) is 6.78. The van der Waals surface area contributed by atoms with Crippen molar-refractivity contribution in [1.82, 2.24) is 14.8 Å². The number of rotatable bonds is 4. The summed E-state index contributed by atoms with van der Waals surface area (Å²) in [7, 11) is 0. The van der Waals surface area contributed by atoms with Crippen molar-refractivity contribution in [3.63, 3.8) is 0 Å². The second kappa shape index (κ2) is 9.11. The van der Waals surface area contributed by atoms with E-state index in [4.69, 9.17) is 10.1 Å². The SMILES string of the molecule is N#Cc1cc(F)c2cn(CC3CCC(C(=O)N4OCC[C@H]4c4cc(F)cc(F)c4)CC3)nc2c1. The molecule has 0 N–H and O–H groups in total. The van der Waals surface area contributed by atoms with Gasteiger partial charge in [0.05, 0.1) is 35.2 Å². The van der Waals surface area contributed by atoms with Gasteiger partial charge in [-0.1, -0.05) is 0 Å². The molecule has 2 heterocycles. The minimum absolute atomic E-state index is 0.151. The molecule has 2 aromatic carbocycles. The first-order valence-corrected chi connectivity index (χ1v) is 11.4. The van der Waals surface area contributed by atoms with Crippen molar-refractivity contribution in [1.29, 1.82) is 5.26 Å². The van der Waals surface area contributed by atoms with E-state index in [9.17, 15) is 18.0 Å². The van der Waals surface area contributed by atoms with Crippen LogP contribution in [0.15, 0.2) is 36.5 Å². The summed E-state index contributed by atoms with van der Waals surface area (Å²) in [6, 6.07) is 7.52. The molecule has 0 bridgehead atoms. The number of benzene rings is 2. The van der Waals surface area contributed by atoms with Crippen LogP contribution in [0.1, 0.15) is 49.3 Å². The molecular formula is C25H23F3N4O2. The first-order chi connectivity index (χ1) is 16.4. The van der Waals surface area contributed by atoms with Gasteiger partial charge in [-0.3, -0.25) is 14.3 Å². The summed E-state index contributed by atoms with van der Waals surface area (Å²) in [6.07, 6.45) is 5.07. The van der Waals surface area contributed by atoms with E-state index >= 15 is 0 Å². The van der Waals surface area contributed by atoms with Gasteiger partial charge in [0, 0.05) is 31.1 Å². The van der Waals surface area contributed by atoms with E-state index in [0.717, 1.165) is 18.9 Å². The van der Waals surface area contributed by atoms with Crippen LogP contribution in [0.4, 0.5) is 13.2 Å². The molecule has 5 rings (SSSR count). The highest BCUT2D eigenvalue weighted by Crippen LogP contribution is 2.37. The van der Waals surface area contributed by atoms with Crippen molar-refractivity contribution in [3.05, 3.63) is 65.1 Å². The number of aromatic nitrogens is 2. The second-order valence-electron chi connectivity index (χ2n) is 9.08. The van der Waals surface area contributed by atoms with Crippen LogP contribution in [0.3, 0.4) is 0 Å². The number of nitriles is 1. The highest BCUT2D eigenvalue weighted by Gasteiger charge is 2.37. The lowest BCUT2D eigenvalue weighted by Gasteiger charge is -2.32. The van der Waals surface area contributed by atoms with E-state index in [-0.39, 0.29) is 23.3 Å². The monoisotopic (exact) mass is 468 g/mol. The molecule has 1 aromatic heterocycles. The third kappa shape index (κ3) is 4.38. The molecule has 1 saturated heterocycles. The van der Waals surface area contributed by atoms with E-state index in [1.807, 2.05) is 6.07 Å². The van der Waals surface area contributed by atoms with Crippen molar-refractivity contribution in [2.45, 2.75) is 44.7 Å². The minimum atomic E-state index is -0.676. The van der Waals surface area contributed by atoms with Crippen LogP contribution in [-0.2, 0) is 16.2 Å². The average molecular weight is 468 g/mol. The summed E-state index contributed by atoms with van der Waals surface area (Å²) in [5, 5.41) is 15.1. The Morgan fingerprint density at radius 2 is 1.79 bits per heavy atom. The number of fused-ring (bicyclic) bond motifs is 1. The predicted octanol–water partition coefficient (Wildman–Crippen LogP) is 5.04. The topological polar surface area (TPSA) is 71.2 Å². The van der Waals surface area contributed by atoms with Crippen LogP contribution >= 0.6 is 0 Å². The van der Waals surface area contributed by atoms with Crippen molar-refractivity contribution in [2.24, 2.45) is 11.8 Å². The molecule has 1 amide bonds. The summed E-state index contributed by atoms with van der Waals surface area (Å²) >= 11 is 0. The van der Waals surface area contributed by atoms with Crippen molar-refractivity contribution in [2.75, 3.05) is 6.61 Å². The zero-order chi connectivity index (χ0) is 23.8. The summed E-state index contributed by atoms with van der Waals surface area (Å²) < 4.78 is 43.3. The molecule has 2 aliphatic rings. The Hall–Kier alpha value is -3.38. The quantitative estimate of drug-likeness (QED) is 0.538. The number of carbonyl (C=O) groups excluding carboxylic acids is 1. The van der Waals surface area contributed by atoms with Crippen LogP contribution in [0.2, 0.25) is 0 Å². The zero-order valence-corrected chi connectivity index (χ0v) is 18.4. The Morgan fingerprint density at radius 3 is 2.50 bits per heavy atom. The lowest BCUT2D eigenvalue weighted by atomic mass is 9.81. The molecule has 6 nitrogen and oxygen atoms in total. The number of carbonyl (C=O) groups is 1. The van der Waals surface area contributed by atoms with Gasteiger partial charge < -0.3 is 0 Å². The van der Waals surface area contributed by atoms with Gasteiger partial charge in [0.25, 0.3) is 0 Å². The third-order valence-corrected chi connectivity index (χ3v) is 6.78. The lowest BCUT2D eigenvalue weighted by Crippen LogP contribution is -2.37. The smallest absolute Gasteiger partial charge is 0.249 e. The largest absolute Gasteiger partial charge is 0.272 e. The van der Waals surface area contributed by atoms with Crippen molar-refractivity contribution in [3.8, 4) is 6.07 Å². The fourth-order valence-electron chi connectivity index (χ4n) is 5.08. The van der Waals surface area contributed by atoms with Gasteiger partial charge in [0.1, 0.15) is 17.5 Å². The standard InChI is InChI=1S/C25H23F3N4O2/c26-19-9-18(10-20(27)11-19)24-5-6-34-32(24)25(33)17-3-1-15(2-4-17)13-31-14-21-22(28)7-16(12-29)8-23(21)30-31/h7-11,14-15,17,24H,1-6,13H2/t15?,17?,24-/m0/s1. The minimum Gasteiger partial charge on any atom is -0.272 e. The molecule has 3 aromatic rings. The maximum Gasteiger partial charge on any atom is 0.249 e. The molecule has 1 atom stereocenters. The average Bonchev–Trinajstić information content (AvgIpc) is 3.46. The Balaban J connectivity index is 1.22. The van der Waals surface area contributed by atoms with Gasteiger partial charge in [-0.05, 0) is 61.4 Å². The zero-order valence-electron chi connectivity index (χ0n) is 18.4. The summed E-state index contributed by atoms with van der Waals surface area (Å²) in [6.45, 7) is 0.920. The molecular weight excluding hydrogens is 445 g/mol. The first kappa shape index (κ1) is 22.4. The normalized spacial score (nSPS) is 22.8. The first-order valence-electron chi connectivity index (χ1n) is 11.4. The Labute approximate surface area is 194 Å². The van der Waals surface area contributed by atoms with Crippen molar-refractivity contribution >= 4 is 16.8 Å². The summed E-state index contributed by atoms with van der Waals surface area (Å²) in [4.78, 5) is 18.7. The fraction of sp³-hybridized carbons (Fsp3) is 0.400. The molecule has 0 unspecified atom stereocenters. The molecule has 2 fully saturated rings. The van der Waals surface area contributed by atoms with Gasteiger partial charge in [-0.25, -0.2) is 18.2 Å². The number of nitrogens with zero attached hydrogens (tertiary/aromatic N) is 4. The van der Waals surface area contributed by atoms with E-state index in [1.54, 1.807) is 16.9 Å². The highest BCUT2D eigenvalue weighted by atomic mass is 19.1. The van der Waals surface area contributed by atoms with Crippen LogP contribution < -0.4 is 0 Å². The van der Waals surface area contributed by atoms with Crippen LogP contribution in [0, 0.1) is 40.6 Å². The molecule has 0 radical (unpaired) electrons.